The molecule has 1 fully saturated rings. The molecule has 0 amide bonds. The molecular weight excluding hydrogens is 254 g/mol. The minimum absolute atomic E-state index is 0.307. The zero-order valence-corrected chi connectivity index (χ0v) is 11.8. The first kappa shape index (κ1) is 13.1. The third-order valence-corrected chi connectivity index (χ3v) is 4.02. The second kappa shape index (κ2) is 5.20. The predicted octanol–water partition coefficient (Wildman–Crippen LogP) is 1.97. The highest BCUT2D eigenvalue weighted by atomic mass is 16.5. The maximum atomic E-state index is 5.80. The van der Waals surface area contributed by atoms with Gasteiger partial charge in [-0.05, 0) is 60.4 Å². The highest BCUT2D eigenvalue weighted by Crippen LogP contribution is 2.34. The Morgan fingerprint density at radius 3 is 2.90 bits per heavy atom. The third kappa shape index (κ3) is 2.27. The van der Waals surface area contributed by atoms with Crippen molar-refractivity contribution in [2.45, 2.75) is 38.3 Å². The van der Waals surface area contributed by atoms with Crippen LogP contribution in [-0.4, -0.2) is 33.4 Å². The van der Waals surface area contributed by atoms with Crippen LogP contribution in [0.1, 0.15) is 30.9 Å². The van der Waals surface area contributed by atoms with Crippen molar-refractivity contribution >= 4 is 5.69 Å². The molecule has 1 aliphatic carbocycles. The number of aryl methyl sites for hydroxylation is 1. The fourth-order valence-electron chi connectivity index (χ4n) is 2.91. The Labute approximate surface area is 117 Å². The molecule has 0 saturated heterocycles. The molecule has 0 radical (unpaired) electrons. The van der Waals surface area contributed by atoms with Gasteiger partial charge in [-0.2, -0.15) is 0 Å². The quantitative estimate of drug-likeness (QED) is 0.865. The molecule has 1 aromatic carbocycles. The van der Waals surface area contributed by atoms with Gasteiger partial charge in [-0.1, -0.05) is 0 Å². The molecule has 106 valence electrons. The van der Waals surface area contributed by atoms with Crippen LogP contribution in [-0.2, 0) is 4.74 Å². The number of hydrogen-bond acceptors (Lipinski definition) is 5. The molecule has 2 aromatic rings. The van der Waals surface area contributed by atoms with Crippen molar-refractivity contribution in [1.82, 2.24) is 20.2 Å². The topological polar surface area (TPSA) is 78.8 Å². The molecule has 0 aliphatic heterocycles. The minimum Gasteiger partial charge on any atom is -0.399 e. The molecule has 1 heterocycles. The molecule has 2 N–H and O–H groups in total. The van der Waals surface area contributed by atoms with E-state index in [2.05, 4.69) is 15.5 Å². The first-order chi connectivity index (χ1) is 9.69. The molecule has 1 saturated carbocycles. The number of anilines is 1. The summed E-state index contributed by atoms with van der Waals surface area (Å²) in [5, 5.41) is 12.2. The van der Waals surface area contributed by atoms with Crippen molar-refractivity contribution < 1.29 is 4.74 Å². The van der Waals surface area contributed by atoms with Crippen molar-refractivity contribution in [3.8, 4) is 11.4 Å². The summed E-state index contributed by atoms with van der Waals surface area (Å²) in [6.45, 7) is 2.03. The Bertz CT molecular complexity index is 609. The summed E-state index contributed by atoms with van der Waals surface area (Å²) in [6, 6.07) is 6.12. The lowest BCUT2D eigenvalue weighted by atomic mass is 10.1. The van der Waals surface area contributed by atoms with Crippen LogP contribution in [0.4, 0.5) is 5.69 Å². The van der Waals surface area contributed by atoms with Crippen LogP contribution in [0.3, 0.4) is 0 Å². The zero-order valence-electron chi connectivity index (χ0n) is 11.8. The van der Waals surface area contributed by atoms with Crippen LogP contribution < -0.4 is 5.73 Å². The van der Waals surface area contributed by atoms with Crippen molar-refractivity contribution in [1.29, 1.82) is 0 Å². The number of nitrogens with two attached hydrogens (primary N) is 1. The molecule has 2 unspecified atom stereocenters. The van der Waals surface area contributed by atoms with Crippen molar-refractivity contribution in [2.75, 3.05) is 12.8 Å². The van der Waals surface area contributed by atoms with Crippen LogP contribution in [0.2, 0.25) is 0 Å². The lowest BCUT2D eigenvalue weighted by Gasteiger charge is -2.13. The van der Waals surface area contributed by atoms with Gasteiger partial charge in [0.05, 0.1) is 12.1 Å². The maximum Gasteiger partial charge on any atom is 0.182 e. The van der Waals surface area contributed by atoms with Gasteiger partial charge in [-0.3, -0.25) is 0 Å². The second-order valence-electron chi connectivity index (χ2n) is 5.35. The van der Waals surface area contributed by atoms with Crippen molar-refractivity contribution in [2.24, 2.45) is 0 Å². The van der Waals surface area contributed by atoms with E-state index in [0.717, 1.165) is 41.9 Å². The SMILES string of the molecule is COC1CCC(n2nnnc2-c2ccc(N)cc2C)C1. The Balaban J connectivity index is 1.94. The maximum absolute atomic E-state index is 5.80. The van der Waals surface area contributed by atoms with Crippen LogP contribution in [0.5, 0.6) is 0 Å². The van der Waals surface area contributed by atoms with Gasteiger partial charge in [-0.25, -0.2) is 4.68 Å². The van der Waals surface area contributed by atoms with E-state index in [4.69, 9.17) is 10.5 Å². The van der Waals surface area contributed by atoms with Crippen LogP contribution >= 0.6 is 0 Å². The van der Waals surface area contributed by atoms with Gasteiger partial charge in [0.1, 0.15) is 0 Å². The first-order valence-corrected chi connectivity index (χ1v) is 6.86. The molecule has 6 heteroatoms. The summed E-state index contributed by atoms with van der Waals surface area (Å²) in [7, 11) is 1.76. The van der Waals surface area contributed by atoms with Crippen LogP contribution in [0.15, 0.2) is 18.2 Å². The summed E-state index contributed by atoms with van der Waals surface area (Å²) < 4.78 is 7.35. The molecule has 1 aromatic heterocycles. The Morgan fingerprint density at radius 2 is 2.20 bits per heavy atom. The molecule has 1 aliphatic rings. The number of aromatic nitrogens is 4. The van der Waals surface area contributed by atoms with Gasteiger partial charge >= 0.3 is 0 Å². The number of hydrogen-bond donors (Lipinski definition) is 1. The first-order valence-electron chi connectivity index (χ1n) is 6.86. The summed E-state index contributed by atoms with van der Waals surface area (Å²) in [4.78, 5) is 0. The smallest absolute Gasteiger partial charge is 0.182 e. The van der Waals surface area contributed by atoms with Gasteiger partial charge in [0.2, 0.25) is 0 Å². The summed E-state index contributed by atoms with van der Waals surface area (Å²) in [6.07, 6.45) is 3.37. The molecule has 0 spiro atoms. The Morgan fingerprint density at radius 1 is 1.35 bits per heavy atom. The number of nitrogens with zero attached hydrogens (tertiary/aromatic N) is 4. The van der Waals surface area contributed by atoms with Crippen molar-refractivity contribution in [3.05, 3.63) is 23.8 Å². The summed E-state index contributed by atoms with van der Waals surface area (Å²) in [5.41, 5.74) is 8.68. The largest absolute Gasteiger partial charge is 0.399 e. The standard InChI is InChI=1S/C14H19N5O/c1-9-7-10(15)3-6-13(9)14-16-17-18-19(14)11-4-5-12(8-11)20-2/h3,6-7,11-12H,4-5,8,15H2,1-2H3. The third-order valence-electron chi connectivity index (χ3n) is 4.02. The second-order valence-corrected chi connectivity index (χ2v) is 5.35. The van der Waals surface area contributed by atoms with Gasteiger partial charge < -0.3 is 10.5 Å². The predicted molar refractivity (Wildman–Crippen MR) is 76.1 cm³/mol. The molecule has 6 nitrogen and oxygen atoms in total. The number of nitrogen functional groups attached to an aromatic ring is 1. The number of rotatable bonds is 3. The molecule has 2 atom stereocenters. The Hall–Kier alpha value is -1.95. The van der Waals surface area contributed by atoms with E-state index in [0.29, 0.717) is 12.1 Å². The fourth-order valence-corrected chi connectivity index (χ4v) is 2.91. The number of ether oxygens (including phenoxy) is 1. The number of methoxy groups -OCH3 is 1. The minimum atomic E-state index is 0.307. The van der Waals surface area contributed by atoms with Gasteiger partial charge in [-0.15, -0.1) is 5.10 Å². The average molecular weight is 273 g/mol. The monoisotopic (exact) mass is 273 g/mol. The Kier molecular flexibility index (Phi) is 3.40. The lowest BCUT2D eigenvalue weighted by molar-refractivity contribution is 0.105. The zero-order chi connectivity index (χ0) is 14.1. The van der Waals surface area contributed by atoms with Crippen LogP contribution in [0, 0.1) is 6.92 Å². The lowest BCUT2D eigenvalue weighted by Crippen LogP contribution is -2.12. The van der Waals surface area contributed by atoms with Crippen LogP contribution in [0.25, 0.3) is 11.4 Å². The van der Waals surface area contributed by atoms with E-state index in [-0.39, 0.29) is 0 Å². The fraction of sp³-hybridized carbons (Fsp3) is 0.500. The molecule has 3 rings (SSSR count). The van der Waals surface area contributed by atoms with Gasteiger partial charge in [0.25, 0.3) is 0 Å². The van der Waals surface area contributed by atoms with E-state index in [1.807, 2.05) is 29.8 Å². The summed E-state index contributed by atoms with van der Waals surface area (Å²) in [5.74, 6) is 0.809. The van der Waals surface area contributed by atoms with Crippen molar-refractivity contribution in [3.63, 3.8) is 0 Å². The van der Waals surface area contributed by atoms with E-state index in [1.54, 1.807) is 7.11 Å². The molecule has 20 heavy (non-hydrogen) atoms. The summed E-state index contributed by atoms with van der Waals surface area (Å²) >= 11 is 0. The van der Waals surface area contributed by atoms with E-state index >= 15 is 0 Å². The number of benzene rings is 1. The average Bonchev–Trinajstić information content (AvgIpc) is 3.06. The van der Waals surface area contributed by atoms with E-state index < -0.39 is 0 Å². The van der Waals surface area contributed by atoms with Gasteiger partial charge in [0.15, 0.2) is 5.82 Å². The molecule has 0 bridgehead atoms. The van der Waals surface area contributed by atoms with Gasteiger partial charge in [0, 0.05) is 18.4 Å². The molecular formula is C14H19N5O. The van der Waals surface area contributed by atoms with E-state index in [1.165, 1.54) is 0 Å². The number of tetrazole rings is 1. The van der Waals surface area contributed by atoms with E-state index in [9.17, 15) is 0 Å². The normalized spacial score (nSPS) is 22.3. The highest BCUT2D eigenvalue weighted by molar-refractivity contribution is 5.63. The highest BCUT2D eigenvalue weighted by Gasteiger charge is 2.29.